The van der Waals surface area contributed by atoms with Crippen molar-refractivity contribution in [2.45, 2.75) is 37.8 Å². The van der Waals surface area contributed by atoms with Crippen LogP contribution in [0.15, 0.2) is 10.7 Å². The van der Waals surface area contributed by atoms with Gasteiger partial charge in [-0.05, 0) is 12.8 Å². The van der Waals surface area contributed by atoms with Crippen LogP contribution < -0.4 is 5.73 Å². The minimum atomic E-state index is -0.501. The van der Waals surface area contributed by atoms with E-state index < -0.39 is 5.54 Å². The summed E-state index contributed by atoms with van der Waals surface area (Å²) in [6.45, 7) is 0.113. The number of nitrogens with zero attached hydrogens (tertiary/aromatic N) is 6. The number of amides is 1. The maximum atomic E-state index is 11.6. The van der Waals surface area contributed by atoms with E-state index in [1.54, 1.807) is 20.3 Å². The Morgan fingerprint density at radius 2 is 2.13 bits per heavy atom. The minimum Gasteiger partial charge on any atom is -0.347 e. The van der Waals surface area contributed by atoms with E-state index in [2.05, 4.69) is 20.5 Å². The van der Waals surface area contributed by atoms with Crippen molar-refractivity contribution >= 4 is 18.3 Å². The molecule has 126 valence electrons. The van der Waals surface area contributed by atoms with E-state index in [0.717, 1.165) is 25.7 Å². The molecule has 0 spiro atoms. The Morgan fingerprint density at radius 3 is 2.78 bits per heavy atom. The summed E-state index contributed by atoms with van der Waals surface area (Å²) in [7, 11) is 3.37. The van der Waals surface area contributed by atoms with Gasteiger partial charge in [-0.3, -0.25) is 4.79 Å². The third-order valence-corrected chi connectivity index (χ3v) is 3.92. The molecule has 0 bridgehead atoms. The second-order valence-electron chi connectivity index (χ2n) is 5.88. The molecule has 0 aliphatic heterocycles. The predicted molar refractivity (Wildman–Crippen MR) is 83.6 cm³/mol. The first-order chi connectivity index (χ1) is 10.5. The lowest BCUT2D eigenvalue weighted by atomic mass is 9.99. The van der Waals surface area contributed by atoms with Gasteiger partial charge in [-0.15, -0.1) is 17.5 Å². The molecule has 23 heavy (non-hydrogen) atoms. The van der Waals surface area contributed by atoms with E-state index >= 15 is 0 Å². The number of carbonyl (C=O) groups is 1. The summed E-state index contributed by atoms with van der Waals surface area (Å²) in [4.78, 5) is 17.5. The molecule has 1 saturated carbocycles. The molecule has 2 heterocycles. The van der Waals surface area contributed by atoms with Crippen molar-refractivity contribution in [3.05, 3.63) is 12.0 Å². The van der Waals surface area contributed by atoms with Crippen LogP contribution in [0.5, 0.6) is 0 Å². The molecule has 2 aromatic heterocycles. The van der Waals surface area contributed by atoms with Crippen LogP contribution in [0.2, 0.25) is 0 Å². The summed E-state index contributed by atoms with van der Waals surface area (Å²) in [5, 5.41) is 11.8. The van der Waals surface area contributed by atoms with Gasteiger partial charge in [0.15, 0.2) is 11.5 Å². The van der Waals surface area contributed by atoms with Gasteiger partial charge in [0, 0.05) is 14.1 Å². The summed E-state index contributed by atoms with van der Waals surface area (Å²) in [6, 6.07) is 0. The van der Waals surface area contributed by atoms with Crippen LogP contribution in [0, 0.1) is 0 Å². The zero-order valence-electron chi connectivity index (χ0n) is 13.1. The SMILES string of the molecule is CN(C)C(=O)Cn1cc(-c2nc(C3(N)CCCC3)no2)nn1.Cl. The molecule has 9 nitrogen and oxygen atoms in total. The zero-order chi connectivity index (χ0) is 15.7. The van der Waals surface area contributed by atoms with Gasteiger partial charge in [0.05, 0.1) is 11.7 Å². The quantitative estimate of drug-likeness (QED) is 0.863. The van der Waals surface area contributed by atoms with E-state index in [4.69, 9.17) is 10.3 Å². The number of halogens is 1. The maximum absolute atomic E-state index is 11.6. The van der Waals surface area contributed by atoms with Crippen LogP contribution in [-0.4, -0.2) is 50.0 Å². The van der Waals surface area contributed by atoms with Gasteiger partial charge in [0.25, 0.3) is 5.89 Å². The molecule has 1 aliphatic carbocycles. The molecule has 1 aliphatic rings. The molecule has 0 unspecified atom stereocenters. The Balaban J connectivity index is 0.00000192. The predicted octanol–water partition coefficient (Wildman–Crippen LogP) is 0.566. The summed E-state index contributed by atoms with van der Waals surface area (Å²) < 4.78 is 6.68. The molecule has 0 atom stereocenters. The number of hydrogen-bond acceptors (Lipinski definition) is 7. The Labute approximate surface area is 139 Å². The maximum Gasteiger partial charge on any atom is 0.280 e. The molecule has 1 amide bonds. The Kier molecular flexibility index (Phi) is 5.00. The fourth-order valence-corrected chi connectivity index (χ4v) is 2.51. The number of hydrogen-bond donors (Lipinski definition) is 1. The van der Waals surface area contributed by atoms with Crippen molar-refractivity contribution in [3.63, 3.8) is 0 Å². The second-order valence-corrected chi connectivity index (χ2v) is 5.88. The number of aromatic nitrogens is 5. The highest BCUT2D eigenvalue weighted by atomic mass is 35.5. The third kappa shape index (κ3) is 3.50. The Bertz CT molecular complexity index is 675. The summed E-state index contributed by atoms with van der Waals surface area (Å²) >= 11 is 0. The summed E-state index contributed by atoms with van der Waals surface area (Å²) in [5.74, 6) is 0.712. The first-order valence-electron chi connectivity index (χ1n) is 7.22. The van der Waals surface area contributed by atoms with Gasteiger partial charge in [-0.2, -0.15) is 4.98 Å². The van der Waals surface area contributed by atoms with E-state index in [-0.39, 0.29) is 30.7 Å². The topological polar surface area (TPSA) is 116 Å². The lowest BCUT2D eigenvalue weighted by Gasteiger charge is -2.17. The fourth-order valence-electron chi connectivity index (χ4n) is 2.51. The van der Waals surface area contributed by atoms with E-state index in [9.17, 15) is 4.79 Å². The van der Waals surface area contributed by atoms with Gasteiger partial charge < -0.3 is 15.2 Å². The zero-order valence-corrected chi connectivity index (χ0v) is 13.9. The highest BCUT2D eigenvalue weighted by molar-refractivity contribution is 5.85. The van der Waals surface area contributed by atoms with Crippen LogP contribution in [0.25, 0.3) is 11.6 Å². The van der Waals surface area contributed by atoms with Crippen LogP contribution in [0.4, 0.5) is 0 Å². The number of nitrogens with two attached hydrogens (primary N) is 1. The Hall–Kier alpha value is -2.00. The molecule has 1 fully saturated rings. The molecule has 0 radical (unpaired) electrons. The van der Waals surface area contributed by atoms with E-state index in [0.29, 0.717) is 11.5 Å². The molecular formula is C13H20ClN7O2. The van der Waals surface area contributed by atoms with Crippen molar-refractivity contribution in [1.29, 1.82) is 0 Å². The molecule has 2 N–H and O–H groups in total. The molecule has 2 aromatic rings. The first-order valence-corrected chi connectivity index (χ1v) is 7.22. The fraction of sp³-hybridized carbons (Fsp3) is 0.615. The molecule has 0 saturated heterocycles. The van der Waals surface area contributed by atoms with Crippen LogP contribution >= 0.6 is 12.4 Å². The van der Waals surface area contributed by atoms with Gasteiger partial charge in [-0.25, -0.2) is 4.68 Å². The van der Waals surface area contributed by atoms with Gasteiger partial charge in [-0.1, -0.05) is 23.2 Å². The standard InChI is InChI=1S/C13H19N7O2.ClH/c1-19(2)10(21)8-20-7-9(16-18-20)11-15-12(17-22-11)13(14)5-3-4-6-13;/h7H,3-6,8,14H2,1-2H3;1H. The van der Waals surface area contributed by atoms with Crippen LogP contribution in [0.3, 0.4) is 0 Å². The molecule has 10 heteroatoms. The largest absolute Gasteiger partial charge is 0.347 e. The van der Waals surface area contributed by atoms with Crippen molar-refractivity contribution in [2.75, 3.05) is 14.1 Å². The lowest BCUT2D eigenvalue weighted by Crippen LogP contribution is -2.34. The summed E-state index contributed by atoms with van der Waals surface area (Å²) in [5.41, 5.74) is 6.24. The van der Waals surface area contributed by atoms with Gasteiger partial charge in [0.2, 0.25) is 5.91 Å². The minimum absolute atomic E-state index is 0. The molecule has 3 rings (SSSR count). The highest BCUT2D eigenvalue weighted by Gasteiger charge is 2.36. The van der Waals surface area contributed by atoms with Crippen molar-refractivity contribution in [3.8, 4) is 11.6 Å². The van der Waals surface area contributed by atoms with Gasteiger partial charge in [0.1, 0.15) is 6.54 Å². The lowest BCUT2D eigenvalue weighted by molar-refractivity contribution is -0.129. The van der Waals surface area contributed by atoms with Crippen molar-refractivity contribution < 1.29 is 9.32 Å². The normalized spacial score (nSPS) is 16.1. The number of likely N-dealkylation sites (N-methyl/N-ethyl adjacent to an activating group) is 1. The average Bonchev–Trinajstić information content (AvgIpc) is 3.17. The molecular weight excluding hydrogens is 322 g/mol. The van der Waals surface area contributed by atoms with E-state index in [1.807, 2.05) is 0 Å². The average molecular weight is 342 g/mol. The molecule has 0 aromatic carbocycles. The van der Waals surface area contributed by atoms with Crippen LogP contribution in [-0.2, 0) is 16.9 Å². The summed E-state index contributed by atoms with van der Waals surface area (Å²) in [6.07, 6.45) is 5.47. The highest BCUT2D eigenvalue weighted by Crippen LogP contribution is 2.35. The first kappa shape index (κ1) is 17.4. The van der Waals surface area contributed by atoms with E-state index in [1.165, 1.54) is 9.58 Å². The second kappa shape index (κ2) is 6.63. The van der Waals surface area contributed by atoms with Gasteiger partial charge >= 0.3 is 0 Å². The monoisotopic (exact) mass is 341 g/mol. The number of rotatable bonds is 4. The van der Waals surface area contributed by atoms with Crippen molar-refractivity contribution in [1.82, 2.24) is 30.0 Å². The van der Waals surface area contributed by atoms with Crippen molar-refractivity contribution in [2.24, 2.45) is 5.73 Å². The van der Waals surface area contributed by atoms with Crippen LogP contribution in [0.1, 0.15) is 31.5 Å². The third-order valence-electron chi connectivity index (χ3n) is 3.92. The smallest absolute Gasteiger partial charge is 0.280 e. The Morgan fingerprint density at radius 1 is 1.43 bits per heavy atom. The number of carbonyl (C=O) groups excluding carboxylic acids is 1.